The molecule has 0 spiro atoms. The Morgan fingerprint density at radius 2 is 2.12 bits per heavy atom. The number of unbranched alkanes of at least 4 members (excludes halogenated alkanes) is 2. The Morgan fingerprint density at radius 1 is 1.35 bits per heavy atom. The highest BCUT2D eigenvalue weighted by Crippen LogP contribution is 2.24. The van der Waals surface area contributed by atoms with Gasteiger partial charge in [-0.1, -0.05) is 18.2 Å². The molecule has 17 heavy (non-hydrogen) atoms. The second-order valence-corrected chi connectivity index (χ2v) is 4.03. The van der Waals surface area contributed by atoms with Crippen LogP contribution in [0.5, 0.6) is 5.75 Å². The maximum Gasteiger partial charge on any atom is 0.123 e. The Kier molecular flexibility index (Phi) is 6.13. The number of methoxy groups -OCH3 is 1. The van der Waals surface area contributed by atoms with E-state index in [0.29, 0.717) is 6.42 Å². The molecular weight excluding hydrogens is 212 g/mol. The lowest BCUT2D eigenvalue weighted by Crippen LogP contribution is -2.20. The van der Waals surface area contributed by atoms with Crippen LogP contribution in [0.2, 0.25) is 0 Å². The van der Waals surface area contributed by atoms with Crippen molar-refractivity contribution in [3.05, 3.63) is 29.8 Å². The Hall–Kier alpha value is -1.53. The molecule has 0 bridgehead atoms. The van der Waals surface area contributed by atoms with Gasteiger partial charge in [0.05, 0.1) is 13.2 Å². The SMILES string of the molecule is COc1ccccc1[C@H](C)NCCCCC#N. The summed E-state index contributed by atoms with van der Waals surface area (Å²) in [4.78, 5) is 0. The number of para-hydroxylation sites is 1. The fourth-order valence-corrected chi connectivity index (χ4v) is 1.78. The maximum atomic E-state index is 8.43. The number of nitrogens with zero attached hydrogens (tertiary/aromatic N) is 1. The number of ether oxygens (including phenoxy) is 1. The lowest BCUT2D eigenvalue weighted by Gasteiger charge is -2.16. The molecule has 0 amide bonds. The quantitative estimate of drug-likeness (QED) is 0.735. The second kappa shape index (κ2) is 7.70. The van der Waals surface area contributed by atoms with Gasteiger partial charge in [0.1, 0.15) is 5.75 Å². The van der Waals surface area contributed by atoms with Gasteiger partial charge in [0.25, 0.3) is 0 Å². The van der Waals surface area contributed by atoms with E-state index in [9.17, 15) is 0 Å². The molecule has 0 heterocycles. The van der Waals surface area contributed by atoms with Gasteiger partial charge in [0.2, 0.25) is 0 Å². The zero-order chi connectivity index (χ0) is 12.5. The number of rotatable bonds is 7. The summed E-state index contributed by atoms with van der Waals surface area (Å²) in [5.41, 5.74) is 1.18. The molecule has 0 unspecified atom stereocenters. The van der Waals surface area contributed by atoms with Gasteiger partial charge < -0.3 is 10.1 Å². The molecule has 92 valence electrons. The monoisotopic (exact) mass is 232 g/mol. The van der Waals surface area contributed by atoms with Crippen LogP contribution in [-0.2, 0) is 0 Å². The molecule has 3 heteroatoms. The summed E-state index contributed by atoms with van der Waals surface area (Å²) in [5.74, 6) is 0.921. The van der Waals surface area contributed by atoms with Crippen LogP contribution in [0.25, 0.3) is 0 Å². The normalized spacial score (nSPS) is 11.8. The first-order chi connectivity index (χ1) is 8.29. The smallest absolute Gasteiger partial charge is 0.123 e. The molecule has 0 aliphatic rings. The Balaban J connectivity index is 2.41. The molecule has 3 nitrogen and oxygen atoms in total. The van der Waals surface area contributed by atoms with E-state index < -0.39 is 0 Å². The fraction of sp³-hybridized carbons (Fsp3) is 0.500. The lowest BCUT2D eigenvalue weighted by atomic mass is 10.1. The minimum Gasteiger partial charge on any atom is -0.496 e. The molecule has 0 radical (unpaired) electrons. The zero-order valence-electron chi connectivity index (χ0n) is 10.6. The number of nitrogens with one attached hydrogen (secondary N) is 1. The Labute approximate surface area is 103 Å². The summed E-state index contributed by atoms with van der Waals surface area (Å²) in [6.07, 6.45) is 2.64. The van der Waals surface area contributed by atoms with Crippen LogP contribution in [0.1, 0.15) is 37.8 Å². The number of hydrogen-bond acceptors (Lipinski definition) is 3. The molecule has 1 N–H and O–H groups in total. The fourth-order valence-electron chi connectivity index (χ4n) is 1.78. The summed E-state index contributed by atoms with van der Waals surface area (Å²) >= 11 is 0. The van der Waals surface area contributed by atoms with Gasteiger partial charge in [0, 0.05) is 18.0 Å². The summed E-state index contributed by atoms with van der Waals surface area (Å²) in [7, 11) is 1.69. The number of hydrogen-bond donors (Lipinski definition) is 1. The molecule has 0 aromatic heterocycles. The maximum absolute atomic E-state index is 8.43. The van der Waals surface area contributed by atoms with Crippen LogP contribution in [0.4, 0.5) is 0 Å². The van der Waals surface area contributed by atoms with Crippen LogP contribution in [0, 0.1) is 11.3 Å². The van der Waals surface area contributed by atoms with Crippen molar-refractivity contribution in [2.75, 3.05) is 13.7 Å². The highest BCUT2D eigenvalue weighted by Gasteiger charge is 2.09. The molecule has 0 saturated heterocycles. The molecule has 0 aliphatic heterocycles. The summed E-state index contributed by atoms with van der Waals surface area (Å²) in [5, 5.41) is 11.9. The number of benzene rings is 1. The molecule has 1 aromatic rings. The number of nitriles is 1. The van der Waals surface area contributed by atoms with Crippen molar-refractivity contribution < 1.29 is 4.74 Å². The van der Waals surface area contributed by atoms with Crippen molar-refractivity contribution in [2.45, 2.75) is 32.2 Å². The van der Waals surface area contributed by atoms with E-state index in [0.717, 1.165) is 25.1 Å². The molecule has 0 fully saturated rings. The van der Waals surface area contributed by atoms with Crippen molar-refractivity contribution in [3.8, 4) is 11.8 Å². The third-order valence-corrected chi connectivity index (χ3v) is 2.77. The molecular formula is C14H20N2O. The summed E-state index contributed by atoms with van der Waals surface area (Å²) < 4.78 is 5.33. The first-order valence-electron chi connectivity index (χ1n) is 6.03. The predicted molar refractivity (Wildman–Crippen MR) is 68.9 cm³/mol. The van der Waals surface area contributed by atoms with Gasteiger partial charge >= 0.3 is 0 Å². The van der Waals surface area contributed by atoms with Crippen molar-refractivity contribution in [2.24, 2.45) is 0 Å². The Bertz CT molecular complexity index is 371. The van der Waals surface area contributed by atoms with E-state index in [1.54, 1.807) is 7.11 Å². The van der Waals surface area contributed by atoms with E-state index in [1.165, 1.54) is 5.56 Å². The largest absolute Gasteiger partial charge is 0.496 e. The topological polar surface area (TPSA) is 45.0 Å². The van der Waals surface area contributed by atoms with Crippen molar-refractivity contribution in [1.82, 2.24) is 5.32 Å². The van der Waals surface area contributed by atoms with Crippen molar-refractivity contribution in [3.63, 3.8) is 0 Å². The van der Waals surface area contributed by atoms with Gasteiger partial charge in [-0.05, 0) is 32.4 Å². The molecule has 1 atom stereocenters. The average Bonchev–Trinajstić information content (AvgIpc) is 2.38. The van der Waals surface area contributed by atoms with E-state index in [4.69, 9.17) is 10.00 Å². The highest BCUT2D eigenvalue weighted by molar-refractivity contribution is 5.35. The van der Waals surface area contributed by atoms with Gasteiger partial charge in [-0.2, -0.15) is 5.26 Å². The summed E-state index contributed by atoms with van der Waals surface area (Å²) in [6.45, 7) is 3.06. The van der Waals surface area contributed by atoms with E-state index in [-0.39, 0.29) is 6.04 Å². The van der Waals surface area contributed by atoms with Gasteiger partial charge in [-0.15, -0.1) is 0 Å². The third kappa shape index (κ3) is 4.46. The zero-order valence-corrected chi connectivity index (χ0v) is 10.6. The predicted octanol–water partition coefficient (Wildman–Crippen LogP) is 3.04. The third-order valence-electron chi connectivity index (χ3n) is 2.77. The van der Waals surface area contributed by atoms with Crippen LogP contribution in [-0.4, -0.2) is 13.7 Å². The average molecular weight is 232 g/mol. The molecule has 1 aromatic carbocycles. The van der Waals surface area contributed by atoms with E-state index in [2.05, 4.69) is 24.4 Å². The molecule has 0 saturated carbocycles. The van der Waals surface area contributed by atoms with Crippen LogP contribution in [0.15, 0.2) is 24.3 Å². The van der Waals surface area contributed by atoms with E-state index >= 15 is 0 Å². The second-order valence-electron chi connectivity index (χ2n) is 4.03. The van der Waals surface area contributed by atoms with Gasteiger partial charge in [-0.25, -0.2) is 0 Å². The van der Waals surface area contributed by atoms with Crippen LogP contribution < -0.4 is 10.1 Å². The summed E-state index contributed by atoms with van der Waals surface area (Å²) in [6, 6.07) is 10.5. The van der Waals surface area contributed by atoms with Gasteiger partial charge in [-0.3, -0.25) is 0 Å². The standard InChI is InChI=1S/C14H20N2O/c1-12(16-11-7-3-6-10-15)13-8-4-5-9-14(13)17-2/h4-5,8-9,12,16H,3,6-7,11H2,1-2H3/t12-/m0/s1. The van der Waals surface area contributed by atoms with Crippen molar-refractivity contribution in [1.29, 1.82) is 5.26 Å². The Morgan fingerprint density at radius 3 is 2.82 bits per heavy atom. The van der Waals surface area contributed by atoms with Gasteiger partial charge in [0.15, 0.2) is 0 Å². The first kappa shape index (κ1) is 13.5. The van der Waals surface area contributed by atoms with Crippen LogP contribution in [0.3, 0.4) is 0 Å². The molecule has 1 rings (SSSR count). The lowest BCUT2D eigenvalue weighted by molar-refractivity contribution is 0.401. The molecule has 0 aliphatic carbocycles. The minimum atomic E-state index is 0.272. The minimum absolute atomic E-state index is 0.272. The van der Waals surface area contributed by atoms with E-state index in [1.807, 2.05) is 18.2 Å². The highest BCUT2D eigenvalue weighted by atomic mass is 16.5. The van der Waals surface area contributed by atoms with Crippen LogP contribution >= 0.6 is 0 Å². The first-order valence-corrected chi connectivity index (χ1v) is 6.03. The van der Waals surface area contributed by atoms with Crippen molar-refractivity contribution >= 4 is 0 Å².